The normalized spacial score (nSPS) is 29.2. The second kappa shape index (κ2) is 22.3. The van der Waals surface area contributed by atoms with Gasteiger partial charge in [-0.1, -0.05) is 4.98 Å². The zero-order valence-electron chi connectivity index (χ0n) is 41.9. The van der Waals surface area contributed by atoms with Gasteiger partial charge in [-0.25, -0.2) is 38.2 Å². The number of aromatic nitrogens is 12. The van der Waals surface area contributed by atoms with Crippen LogP contribution in [0.25, 0.3) is 33.5 Å². The first-order valence-electron chi connectivity index (χ1n) is 23.3. The number of aromatic amines is 2. The van der Waals surface area contributed by atoms with Crippen LogP contribution >= 0.6 is 31.1 Å². The molecule has 80 heavy (non-hydrogen) atoms. The average Bonchev–Trinajstić information content (AvgIpc) is 4.23. The van der Waals surface area contributed by atoms with Crippen LogP contribution in [0, 0.1) is 11.8 Å². The van der Waals surface area contributed by atoms with E-state index in [2.05, 4.69) is 48.5 Å². The molecular formula is C37H53N16O23P4+. The van der Waals surface area contributed by atoms with Gasteiger partial charge in [-0.3, -0.25) is 51.7 Å². The van der Waals surface area contributed by atoms with E-state index >= 15 is 0 Å². The van der Waals surface area contributed by atoms with Gasteiger partial charge in [0.1, 0.15) is 42.4 Å². The first kappa shape index (κ1) is 59.0. The highest BCUT2D eigenvalue weighted by Crippen LogP contribution is 2.68. The summed E-state index contributed by atoms with van der Waals surface area (Å²) in [5.41, 5.74) is 15.8. The summed E-state index contributed by atoms with van der Waals surface area (Å²) in [6.45, 7) is -3.06. The lowest BCUT2D eigenvalue weighted by Crippen LogP contribution is -2.45. The second-order valence-corrected chi connectivity index (χ2v) is 25.1. The molecule has 438 valence electrons. The van der Waals surface area contributed by atoms with Gasteiger partial charge in [-0.15, -0.1) is 0 Å². The second-order valence-electron chi connectivity index (χ2n) is 18.6. The lowest BCUT2D eigenvalue weighted by atomic mass is 9.94. The van der Waals surface area contributed by atoms with Gasteiger partial charge >= 0.3 is 36.7 Å². The van der Waals surface area contributed by atoms with Crippen molar-refractivity contribution in [3.63, 3.8) is 0 Å². The van der Waals surface area contributed by atoms with Gasteiger partial charge in [0.05, 0.1) is 57.9 Å². The van der Waals surface area contributed by atoms with Crippen molar-refractivity contribution in [1.82, 2.24) is 58.5 Å². The van der Waals surface area contributed by atoms with Crippen molar-refractivity contribution in [1.29, 1.82) is 0 Å². The predicted molar refractivity (Wildman–Crippen MR) is 263 cm³/mol. The molecule has 0 bridgehead atoms. The number of imidazole rings is 3. The summed E-state index contributed by atoms with van der Waals surface area (Å²) >= 11 is 0. The SMILES string of the molecule is CO[C@@H]1[C@H](CP(=O)(O)OC[C@H]2O[C@@H](n3cnc4c(=O)[nH]c(N)nc43)[C@H](O)[C@@H]2O)C(COP(=O)(O)OP(=O)(O)OP(=O)(O)OC[C@H]2OC([n+]3cn(C)c4c(=O)[nH]c(N)nc43)[C@H](O)[C@@H]2CC(=O)N(C)C)O[C@H]1n1cnc2c(N)ncnc21. The summed E-state index contributed by atoms with van der Waals surface area (Å²) in [6, 6.07) is 0. The Morgan fingerprint density at radius 2 is 1.32 bits per heavy atom. The molecule has 0 aromatic carbocycles. The van der Waals surface area contributed by atoms with Crippen molar-refractivity contribution in [2.24, 2.45) is 18.9 Å². The number of anilines is 3. The van der Waals surface area contributed by atoms with Crippen LogP contribution < -0.4 is 32.9 Å². The maximum atomic E-state index is 14.0. The first-order valence-corrected chi connectivity index (χ1v) is 29.5. The molecule has 3 saturated heterocycles. The van der Waals surface area contributed by atoms with Crippen LogP contribution in [0.1, 0.15) is 25.1 Å². The largest absolute Gasteiger partial charge is 0.490 e. The van der Waals surface area contributed by atoms with Crippen molar-refractivity contribution < 1.29 is 104 Å². The van der Waals surface area contributed by atoms with Gasteiger partial charge < -0.3 is 80.5 Å². The Morgan fingerprint density at radius 3 is 1.98 bits per heavy atom. The van der Waals surface area contributed by atoms with Crippen molar-refractivity contribution >= 4 is 88.2 Å². The number of methoxy groups -OCH3 is 1. The molecule has 6 aromatic rings. The summed E-state index contributed by atoms with van der Waals surface area (Å²) in [4.78, 5) is 111. The Morgan fingerprint density at radius 1 is 0.738 bits per heavy atom. The Hall–Kier alpha value is -5.60. The van der Waals surface area contributed by atoms with Crippen LogP contribution in [0.3, 0.4) is 0 Å². The van der Waals surface area contributed by atoms with Crippen LogP contribution in [0.2, 0.25) is 0 Å². The summed E-state index contributed by atoms with van der Waals surface area (Å²) < 4.78 is 106. The van der Waals surface area contributed by atoms with Gasteiger partial charge in [0.15, 0.2) is 41.4 Å². The van der Waals surface area contributed by atoms with E-state index in [4.69, 9.17) is 49.7 Å². The zero-order chi connectivity index (χ0) is 58.1. The standard InChI is InChI=1S/C37H52N16O23P4/c1-49(2)19(54)5-14-16(72-33(23(14)55)53-13-50(3)22-30(53)46-37(40)48-32(22)59)6-70-78(62,63)75-80(66,67)76-79(64,65)71-7-17-15(26(68-4)35(73-17)51-11-43-20-27(38)41-10-42-28(20)51)9-77(60,61)69-8-18-24(56)25(57)34(74-18)52-12-44-21-29(52)45-36(39)47-31(21)58/h10-18,23-26,33-35,55-57H,5-9H2,1-4H3,(H11-,38,39,40,41,42,45,46,47,48,58,59,60,61,62,63,64,65,66,67)/p+1/t14-,15-,16-,17?,18-,23-,24-,25-,26-,33?,34-,35-/m1/s1. The summed E-state index contributed by atoms with van der Waals surface area (Å²) in [7, 11) is -17.5. The molecule has 1 amide bonds. The van der Waals surface area contributed by atoms with E-state index in [1.165, 1.54) is 59.5 Å². The molecule has 6 unspecified atom stereocenters. The van der Waals surface area contributed by atoms with E-state index in [1.54, 1.807) is 0 Å². The van der Waals surface area contributed by atoms with Crippen molar-refractivity contribution in [3.8, 4) is 0 Å². The first-order chi connectivity index (χ1) is 37.5. The lowest BCUT2D eigenvalue weighted by Gasteiger charge is -2.26. The highest BCUT2D eigenvalue weighted by Gasteiger charge is 2.53. The molecule has 0 spiro atoms. The lowest BCUT2D eigenvalue weighted by molar-refractivity contribution is -0.745. The number of fused-ring (bicyclic) bond motifs is 3. The number of nitrogen functional groups attached to an aromatic ring is 3. The van der Waals surface area contributed by atoms with Crippen molar-refractivity contribution in [3.05, 3.63) is 46.0 Å². The molecule has 39 nitrogen and oxygen atoms in total. The molecule has 3 fully saturated rings. The minimum absolute atomic E-state index is 0.00276. The highest BCUT2D eigenvalue weighted by molar-refractivity contribution is 7.66. The Labute approximate surface area is 446 Å². The van der Waals surface area contributed by atoms with Crippen LogP contribution in [0.4, 0.5) is 17.7 Å². The molecule has 6 aromatic heterocycles. The number of carbonyl (C=O) groups is 1. The number of amides is 1. The van der Waals surface area contributed by atoms with E-state index in [9.17, 15) is 67.5 Å². The van der Waals surface area contributed by atoms with Crippen LogP contribution in [-0.4, -0.2) is 189 Å². The number of hydrogen-bond acceptors (Lipinski definition) is 28. The number of aliphatic hydroxyl groups excluding tert-OH is 3. The van der Waals surface area contributed by atoms with E-state index in [1.807, 2.05) is 0 Å². The fourth-order valence-corrected chi connectivity index (χ4v) is 14.4. The van der Waals surface area contributed by atoms with Gasteiger partial charge in [0.2, 0.25) is 23.6 Å². The molecule has 9 heterocycles. The Bertz CT molecular complexity index is 3650. The molecule has 0 aliphatic carbocycles. The van der Waals surface area contributed by atoms with Crippen LogP contribution in [0.15, 0.2) is 34.9 Å². The third kappa shape index (κ3) is 12.0. The van der Waals surface area contributed by atoms with Crippen LogP contribution in [-0.2, 0) is 71.2 Å². The minimum atomic E-state index is -6.21. The number of phosphoric ester groups is 2. The number of aryl methyl sites for hydroxylation is 1. The van der Waals surface area contributed by atoms with Crippen molar-refractivity contribution in [2.45, 2.75) is 67.8 Å². The fraction of sp³-hybridized carbons (Fsp3) is 0.568. The number of rotatable bonds is 21. The topological polar surface area (TPSA) is 553 Å². The minimum Gasteiger partial charge on any atom is -0.387 e. The van der Waals surface area contributed by atoms with Gasteiger partial charge in [-0.2, -0.15) is 13.6 Å². The zero-order valence-corrected chi connectivity index (χ0v) is 45.5. The summed E-state index contributed by atoms with van der Waals surface area (Å²) in [5, 5.41) is 33.3. The number of nitrogens with one attached hydrogen (secondary N) is 2. The molecule has 16 atom stereocenters. The molecule has 3 aliphatic rings. The maximum Gasteiger partial charge on any atom is 0.490 e. The van der Waals surface area contributed by atoms with Gasteiger partial charge in [-0.05, 0) is 0 Å². The Balaban J connectivity index is 0.879. The molecule has 43 heteroatoms. The van der Waals surface area contributed by atoms with Crippen LogP contribution in [0.5, 0.6) is 0 Å². The molecule has 0 radical (unpaired) electrons. The van der Waals surface area contributed by atoms with Gasteiger partial charge in [0, 0.05) is 39.5 Å². The number of nitrogens with zero attached hydrogens (tertiary/aromatic N) is 11. The van der Waals surface area contributed by atoms with Crippen molar-refractivity contribution in [2.75, 3.05) is 64.4 Å². The third-order valence-electron chi connectivity index (χ3n) is 13.1. The third-order valence-corrected chi connectivity index (χ3v) is 18.8. The monoisotopic (exact) mass is 1210 g/mol. The predicted octanol–water partition coefficient (Wildman–Crippen LogP) is -3.66. The number of H-pyrrole nitrogens is 2. The van der Waals surface area contributed by atoms with E-state index < -0.39 is 154 Å². The smallest absolute Gasteiger partial charge is 0.387 e. The Kier molecular flexibility index (Phi) is 16.4. The van der Waals surface area contributed by atoms with E-state index in [0.29, 0.717) is 0 Å². The highest BCUT2D eigenvalue weighted by atomic mass is 31.3. The number of hydrogen-bond donors (Lipinski definition) is 12. The molecule has 0 saturated carbocycles. The van der Waals surface area contributed by atoms with Gasteiger partial charge in [0.25, 0.3) is 17.1 Å². The molecule has 3 aliphatic heterocycles. The number of carbonyl (C=O) groups excluding carboxylic acids is 1. The number of aliphatic hydroxyl groups is 3. The molecule has 15 N–H and O–H groups in total. The van der Waals surface area contributed by atoms with E-state index in [-0.39, 0.29) is 51.2 Å². The number of nitrogens with two attached hydrogens (primary N) is 3. The average molecular weight is 1210 g/mol. The summed E-state index contributed by atoms with van der Waals surface area (Å²) in [5.74, 6) is -3.85. The summed E-state index contributed by atoms with van der Waals surface area (Å²) in [6.07, 6.45) is -12.0. The molecule has 9 rings (SSSR count). The maximum absolute atomic E-state index is 14.0. The number of ether oxygens (including phenoxy) is 4. The van der Waals surface area contributed by atoms with E-state index in [0.717, 1.165) is 17.2 Å². The quantitative estimate of drug-likeness (QED) is 0.0244. The fourth-order valence-electron chi connectivity index (χ4n) is 9.41. The number of phosphoric acid groups is 3. The molecular weight excluding hydrogens is 1160 g/mol.